The Kier molecular flexibility index (Phi) is 5.04. The predicted octanol–water partition coefficient (Wildman–Crippen LogP) is 4.76. The van der Waals surface area contributed by atoms with Gasteiger partial charge in [0.1, 0.15) is 0 Å². The lowest BCUT2D eigenvalue weighted by Gasteiger charge is -2.06. The molecule has 0 unspecified atom stereocenters. The Morgan fingerprint density at radius 2 is 2.15 bits per heavy atom. The van der Waals surface area contributed by atoms with Crippen LogP contribution in [-0.2, 0) is 10.5 Å². The Morgan fingerprint density at radius 3 is 2.90 bits per heavy atom. The number of benzene rings is 1. The van der Waals surface area contributed by atoms with Gasteiger partial charge in [-0.3, -0.25) is 0 Å². The summed E-state index contributed by atoms with van der Waals surface area (Å²) in [5, 5.41) is 10.7. The molecule has 1 heterocycles. The lowest BCUT2D eigenvalue weighted by molar-refractivity contribution is -0.131. The van der Waals surface area contributed by atoms with Crippen molar-refractivity contribution in [3.8, 4) is 0 Å². The van der Waals surface area contributed by atoms with Crippen molar-refractivity contribution >= 4 is 35.1 Å². The molecule has 20 heavy (non-hydrogen) atoms. The third-order valence-electron chi connectivity index (χ3n) is 2.89. The number of aliphatic carboxylic acids is 1. The number of carboxylic acid groups (broad SMARTS) is 1. The van der Waals surface area contributed by atoms with Gasteiger partial charge < -0.3 is 5.11 Å². The highest BCUT2D eigenvalue weighted by Gasteiger charge is 2.05. The molecule has 0 bridgehead atoms. The van der Waals surface area contributed by atoms with Crippen molar-refractivity contribution in [1.82, 2.24) is 0 Å². The van der Waals surface area contributed by atoms with Crippen LogP contribution in [0.1, 0.15) is 21.6 Å². The van der Waals surface area contributed by atoms with Crippen LogP contribution >= 0.6 is 23.1 Å². The molecule has 2 rings (SSSR count). The normalized spacial score (nSPS) is 11.1. The van der Waals surface area contributed by atoms with Gasteiger partial charge >= 0.3 is 5.97 Å². The summed E-state index contributed by atoms with van der Waals surface area (Å²) in [7, 11) is 0. The number of thiophene rings is 1. The average Bonchev–Trinajstić information content (AvgIpc) is 2.85. The van der Waals surface area contributed by atoms with Crippen molar-refractivity contribution in [3.05, 3.63) is 57.3 Å². The molecule has 0 saturated carbocycles. The van der Waals surface area contributed by atoms with Gasteiger partial charge in [-0.2, -0.15) is 0 Å². The maximum absolute atomic E-state index is 10.6. The molecule has 1 N–H and O–H groups in total. The van der Waals surface area contributed by atoms with Crippen LogP contribution in [0, 0.1) is 13.8 Å². The summed E-state index contributed by atoms with van der Waals surface area (Å²) in [4.78, 5) is 13.1. The standard InChI is InChI=1S/C16H16O2S2/c1-11-3-4-12(2)14(9-11)20-10-15-13(7-8-19-15)5-6-16(17)18/h3-9H,10H2,1-2H3,(H,17,18). The van der Waals surface area contributed by atoms with E-state index in [1.807, 2.05) is 11.4 Å². The molecule has 1 aromatic carbocycles. The first kappa shape index (κ1) is 14.9. The molecule has 2 aromatic rings. The highest BCUT2D eigenvalue weighted by molar-refractivity contribution is 7.98. The van der Waals surface area contributed by atoms with Gasteiger partial charge in [-0.15, -0.1) is 23.1 Å². The zero-order chi connectivity index (χ0) is 14.5. The number of carbonyl (C=O) groups is 1. The van der Waals surface area contributed by atoms with Crippen molar-refractivity contribution in [2.45, 2.75) is 24.5 Å². The summed E-state index contributed by atoms with van der Waals surface area (Å²) in [5.41, 5.74) is 3.53. The van der Waals surface area contributed by atoms with Gasteiger partial charge in [-0.1, -0.05) is 17.7 Å². The van der Waals surface area contributed by atoms with Gasteiger partial charge in [0.05, 0.1) is 0 Å². The van der Waals surface area contributed by atoms with Gasteiger partial charge in [-0.05, 0) is 48.6 Å². The van der Waals surface area contributed by atoms with E-state index in [0.717, 1.165) is 11.3 Å². The number of hydrogen-bond acceptors (Lipinski definition) is 3. The minimum absolute atomic E-state index is 0.862. The first-order valence-corrected chi connectivity index (χ1v) is 8.10. The van der Waals surface area contributed by atoms with Crippen LogP contribution in [0.3, 0.4) is 0 Å². The van der Waals surface area contributed by atoms with Gasteiger partial charge in [0, 0.05) is 21.6 Å². The highest BCUT2D eigenvalue weighted by Crippen LogP contribution is 2.30. The van der Waals surface area contributed by atoms with Crippen LogP contribution < -0.4 is 0 Å². The summed E-state index contributed by atoms with van der Waals surface area (Å²) >= 11 is 3.46. The summed E-state index contributed by atoms with van der Waals surface area (Å²) in [6.45, 7) is 4.21. The summed E-state index contributed by atoms with van der Waals surface area (Å²) < 4.78 is 0. The van der Waals surface area contributed by atoms with Crippen LogP contribution in [0.4, 0.5) is 0 Å². The molecule has 0 spiro atoms. The predicted molar refractivity (Wildman–Crippen MR) is 86.5 cm³/mol. The quantitative estimate of drug-likeness (QED) is 0.639. The Bertz CT molecular complexity index is 642. The number of aryl methyl sites for hydroxylation is 2. The molecule has 0 radical (unpaired) electrons. The molecular weight excluding hydrogens is 288 g/mol. The number of carboxylic acids is 1. The van der Waals surface area contributed by atoms with E-state index in [0.29, 0.717) is 0 Å². The molecule has 4 heteroatoms. The van der Waals surface area contributed by atoms with Crippen LogP contribution in [0.2, 0.25) is 0 Å². The van der Waals surface area contributed by atoms with E-state index in [2.05, 4.69) is 32.0 Å². The van der Waals surface area contributed by atoms with E-state index < -0.39 is 5.97 Å². The van der Waals surface area contributed by atoms with E-state index in [-0.39, 0.29) is 0 Å². The van der Waals surface area contributed by atoms with Crippen molar-refractivity contribution in [3.63, 3.8) is 0 Å². The van der Waals surface area contributed by atoms with E-state index in [4.69, 9.17) is 5.11 Å². The van der Waals surface area contributed by atoms with Gasteiger partial charge in [-0.25, -0.2) is 4.79 Å². The van der Waals surface area contributed by atoms with Crippen molar-refractivity contribution in [2.24, 2.45) is 0 Å². The Labute approximate surface area is 127 Å². The minimum Gasteiger partial charge on any atom is -0.478 e. The summed E-state index contributed by atoms with van der Waals surface area (Å²) in [6, 6.07) is 8.41. The van der Waals surface area contributed by atoms with Gasteiger partial charge in [0.15, 0.2) is 0 Å². The van der Waals surface area contributed by atoms with E-state index in [1.165, 1.54) is 27.0 Å². The van der Waals surface area contributed by atoms with Crippen LogP contribution in [0.5, 0.6) is 0 Å². The average molecular weight is 304 g/mol. The molecule has 0 aliphatic carbocycles. The molecule has 0 aliphatic heterocycles. The zero-order valence-corrected chi connectivity index (χ0v) is 13.1. The van der Waals surface area contributed by atoms with Crippen molar-refractivity contribution < 1.29 is 9.90 Å². The van der Waals surface area contributed by atoms with Gasteiger partial charge in [0.2, 0.25) is 0 Å². The smallest absolute Gasteiger partial charge is 0.328 e. The second-order valence-electron chi connectivity index (χ2n) is 4.53. The lowest BCUT2D eigenvalue weighted by atomic mass is 10.2. The van der Waals surface area contributed by atoms with Gasteiger partial charge in [0.25, 0.3) is 0 Å². The van der Waals surface area contributed by atoms with E-state index in [9.17, 15) is 4.79 Å². The Morgan fingerprint density at radius 1 is 1.35 bits per heavy atom. The molecular formula is C16H16O2S2. The summed E-state index contributed by atoms with van der Waals surface area (Å²) in [6.07, 6.45) is 2.85. The van der Waals surface area contributed by atoms with Crippen LogP contribution in [-0.4, -0.2) is 11.1 Å². The SMILES string of the molecule is Cc1ccc(C)c(SCc2sccc2C=CC(=O)O)c1. The first-order chi connectivity index (χ1) is 9.56. The third-order valence-corrected chi connectivity index (χ3v) is 5.19. The van der Waals surface area contributed by atoms with Crippen LogP contribution in [0.15, 0.2) is 40.6 Å². The first-order valence-electron chi connectivity index (χ1n) is 6.23. The molecule has 0 aliphatic rings. The second-order valence-corrected chi connectivity index (χ2v) is 6.55. The van der Waals surface area contributed by atoms with Crippen molar-refractivity contribution in [2.75, 3.05) is 0 Å². The molecule has 2 nitrogen and oxygen atoms in total. The second kappa shape index (κ2) is 6.77. The fourth-order valence-corrected chi connectivity index (χ4v) is 3.90. The van der Waals surface area contributed by atoms with E-state index in [1.54, 1.807) is 29.2 Å². The highest BCUT2D eigenvalue weighted by atomic mass is 32.2. The fourth-order valence-electron chi connectivity index (χ4n) is 1.78. The van der Waals surface area contributed by atoms with E-state index >= 15 is 0 Å². The maximum Gasteiger partial charge on any atom is 0.328 e. The summed E-state index contributed by atoms with van der Waals surface area (Å²) in [5.74, 6) is -0.0503. The Hall–Kier alpha value is -1.52. The lowest BCUT2D eigenvalue weighted by Crippen LogP contribution is -1.87. The molecule has 0 saturated heterocycles. The largest absolute Gasteiger partial charge is 0.478 e. The number of rotatable bonds is 5. The molecule has 0 fully saturated rings. The fraction of sp³-hybridized carbons (Fsp3) is 0.188. The minimum atomic E-state index is -0.913. The molecule has 0 atom stereocenters. The molecule has 1 aromatic heterocycles. The molecule has 0 amide bonds. The topological polar surface area (TPSA) is 37.3 Å². The van der Waals surface area contributed by atoms with Crippen LogP contribution in [0.25, 0.3) is 6.08 Å². The maximum atomic E-state index is 10.6. The number of hydrogen-bond donors (Lipinski definition) is 1. The monoisotopic (exact) mass is 304 g/mol. The molecule has 104 valence electrons. The Balaban J connectivity index is 2.10. The number of thioether (sulfide) groups is 1. The third kappa shape index (κ3) is 3.99. The van der Waals surface area contributed by atoms with Crippen molar-refractivity contribution in [1.29, 1.82) is 0 Å². The zero-order valence-electron chi connectivity index (χ0n) is 11.4.